The van der Waals surface area contributed by atoms with Gasteiger partial charge in [0.25, 0.3) is 0 Å². The third kappa shape index (κ3) is 1.59. The molecule has 2 aromatic rings. The van der Waals surface area contributed by atoms with Crippen LogP contribution in [0.1, 0.15) is 0 Å². The van der Waals surface area contributed by atoms with Crippen molar-refractivity contribution in [1.82, 2.24) is 9.78 Å². The van der Waals surface area contributed by atoms with Crippen LogP contribution in [0.2, 0.25) is 0 Å². The number of aromatic nitrogens is 2. The monoisotopic (exact) mass is 287 g/mol. The third-order valence-electron chi connectivity index (χ3n) is 2.31. The summed E-state index contributed by atoms with van der Waals surface area (Å²) in [6.45, 7) is 0. The number of hydrogen-bond acceptors (Lipinski definition) is 2. The molecule has 84 valence electrons. The molecule has 0 spiro atoms. The summed E-state index contributed by atoms with van der Waals surface area (Å²) in [6.07, 6.45) is 1.40. The molecule has 3 nitrogen and oxygen atoms in total. The topological polar surface area (TPSA) is 43.8 Å². The molecule has 0 aliphatic rings. The van der Waals surface area contributed by atoms with E-state index in [1.165, 1.54) is 23.0 Å². The normalized spacial score (nSPS) is 10.8. The zero-order valence-electron chi connectivity index (χ0n) is 8.34. The summed E-state index contributed by atoms with van der Waals surface area (Å²) in [4.78, 5) is 0. The van der Waals surface area contributed by atoms with Gasteiger partial charge in [-0.25, -0.2) is 8.78 Å². The number of rotatable bonds is 1. The Bertz CT molecular complexity index is 551. The van der Waals surface area contributed by atoms with E-state index < -0.39 is 11.6 Å². The van der Waals surface area contributed by atoms with Crippen LogP contribution in [-0.2, 0) is 7.05 Å². The molecule has 0 saturated heterocycles. The maximum absolute atomic E-state index is 13.6. The number of anilines is 1. The van der Waals surface area contributed by atoms with Crippen LogP contribution in [0.5, 0.6) is 0 Å². The molecule has 0 amide bonds. The van der Waals surface area contributed by atoms with Crippen LogP contribution in [0.4, 0.5) is 14.6 Å². The predicted molar refractivity (Wildman–Crippen MR) is 60.7 cm³/mol. The molecule has 0 bridgehead atoms. The molecule has 2 rings (SSSR count). The van der Waals surface area contributed by atoms with Gasteiger partial charge in [0.15, 0.2) is 11.6 Å². The lowest BCUT2D eigenvalue weighted by Gasteiger charge is -2.04. The van der Waals surface area contributed by atoms with Gasteiger partial charge in [0.2, 0.25) is 0 Å². The SMILES string of the molecule is Cn1ncc(-c2ccc(Br)c(F)c2F)c1N. The van der Waals surface area contributed by atoms with Gasteiger partial charge in [0, 0.05) is 18.2 Å². The van der Waals surface area contributed by atoms with Crippen LogP contribution in [0.25, 0.3) is 11.1 Å². The summed E-state index contributed by atoms with van der Waals surface area (Å²) in [6, 6.07) is 2.88. The van der Waals surface area contributed by atoms with E-state index in [9.17, 15) is 8.78 Å². The number of aryl methyl sites for hydroxylation is 1. The van der Waals surface area contributed by atoms with E-state index in [4.69, 9.17) is 5.73 Å². The zero-order chi connectivity index (χ0) is 11.9. The number of hydrogen-bond donors (Lipinski definition) is 1. The minimum absolute atomic E-state index is 0.0798. The third-order valence-corrected chi connectivity index (χ3v) is 2.92. The largest absolute Gasteiger partial charge is 0.383 e. The molecular formula is C10H8BrF2N3. The Hall–Kier alpha value is -1.43. The van der Waals surface area contributed by atoms with Gasteiger partial charge in [-0.1, -0.05) is 0 Å². The van der Waals surface area contributed by atoms with Gasteiger partial charge < -0.3 is 5.73 Å². The van der Waals surface area contributed by atoms with Crippen LogP contribution >= 0.6 is 15.9 Å². The molecule has 0 saturated carbocycles. The average Bonchev–Trinajstić information content (AvgIpc) is 2.58. The summed E-state index contributed by atoms with van der Waals surface area (Å²) in [5.41, 5.74) is 6.18. The molecule has 0 aliphatic heterocycles. The van der Waals surface area contributed by atoms with Crippen LogP contribution in [0.3, 0.4) is 0 Å². The molecular weight excluding hydrogens is 280 g/mol. The molecule has 0 aliphatic carbocycles. The van der Waals surface area contributed by atoms with Gasteiger partial charge in [-0.05, 0) is 28.1 Å². The number of benzene rings is 1. The first-order valence-electron chi connectivity index (χ1n) is 4.43. The van der Waals surface area contributed by atoms with Gasteiger partial charge in [0.05, 0.1) is 10.7 Å². The van der Waals surface area contributed by atoms with Crippen molar-refractivity contribution in [2.24, 2.45) is 7.05 Å². The summed E-state index contributed by atoms with van der Waals surface area (Å²) in [5.74, 6) is -1.57. The molecule has 0 fully saturated rings. The van der Waals surface area contributed by atoms with Gasteiger partial charge in [-0.3, -0.25) is 4.68 Å². The number of halogens is 3. The van der Waals surface area contributed by atoms with Crippen molar-refractivity contribution in [2.45, 2.75) is 0 Å². The first-order chi connectivity index (χ1) is 7.52. The van der Waals surface area contributed by atoms with E-state index in [1.54, 1.807) is 7.05 Å². The van der Waals surface area contributed by atoms with E-state index >= 15 is 0 Å². The Labute approximate surface area is 99.0 Å². The van der Waals surface area contributed by atoms with Crippen molar-refractivity contribution in [3.8, 4) is 11.1 Å². The lowest BCUT2D eigenvalue weighted by molar-refractivity contribution is 0.507. The highest BCUT2D eigenvalue weighted by Crippen LogP contribution is 2.31. The van der Waals surface area contributed by atoms with Crippen molar-refractivity contribution in [3.05, 3.63) is 34.4 Å². The van der Waals surface area contributed by atoms with Crippen molar-refractivity contribution in [2.75, 3.05) is 5.73 Å². The molecule has 0 unspecified atom stereocenters. The fraction of sp³-hybridized carbons (Fsp3) is 0.100. The summed E-state index contributed by atoms with van der Waals surface area (Å²) in [7, 11) is 1.63. The van der Waals surface area contributed by atoms with Crippen molar-refractivity contribution >= 4 is 21.7 Å². The molecule has 1 aromatic carbocycles. The van der Waals surface area contributed by atoms with E-state index in [2.05, 4.69) is 21.0 Å². The minimum Gasteiger partial charge on any atom is -0.383 e. The maximum atomic E-state index is 13.6. The van der Waals surface area contributed by atoms with Crippen LogP contribution in [0, 0.1) is 11.6 Å². The quantitative estimate of drug-likeness (QED) is 0.820. The number of nitrogen functional groups attached to an aromatic ring is 1. The van der Waals surface area contributed by atoms with Crippen LogP contribution in [-0.4, -0.2) is 9.78 Å². The van der Waals surface area contributed by atoms with Crippen molar-refractivity contribution in [3.63, 3.8) is 0 Å². The first-order valence-corrected chi connectivity index (χ1v) is 5.23. The molecule has 6 heteroatoms. The lowest BCUT2D eigenvalue weighted by atomic mass is 10.1. The van der Waals surface area contributed by atoms with Gasteiger partial charge in [0.1, 0.15) is 5.82 Å². The predicted octanol–water partition coefficient (Wildman–Crippen LogP) is 2.71. The summed E-state index contributed by atoms with van der Waals surface area (Å²) in [5, 5.41) is 3.88. The van der Waals surface area contributed by atoms with Crippen LogP contribution in [0.15, 0.2) is 22.8 Å². The average molecular weight is 288 g/mol. The van der Waals surface area contributed by atoms with E-state index in [0.29, 0.717) is 11.4 Å². The number of nitrogens with two attached hydrogens (primary N) is 1. The lowest BCUT2D eigenvalue weighted by Crippen LogP contribution is -1.99. The molecule has 0 atom stereocenters. The fourth-order valence-electron chi connectivity index (χ4n) is 1.39. The highest BCUT2D eigenvalue weighted by atomic mass is 79.9. The van der Waals surface area contributed by atoms with Crippen LogP contribution < -0.4 is 5.73 Å². The Morgan fingerprint density at radius 3 is 2.50 bits per heavy atom. The van der Waals surface area contributed by atoms with E-state index in [1.807, 2.05) is 0 Å². The summed E-state index contributed by atoms with van der Waals surface area (Å²) >= 11 is 2.91. The van der Waals surface area contributed by atoms with Gasteiger partial charge in [-0.15, -0.1) is 0 Å². The highest BCUT2D eigenvalue weighted by molar-refractivity contribution is 9.10. The molecule has 1 aromatic heterocycles. The fourth-order valence-corrected chi connectivity index (χ4v) is 1.69. The van der Waals surface area contributed by atoms with E-state index in [0.717, 1.165) is 0 Å². The van der Waals surface area contributed by atoms with E-state index in [-0.39, 0.29) is 10.0 Å². The molecule has 0 radical (unpaired) electrons. The Morgan fingerprint density at radius 2 is 1.94 bits per heavy atom. The van der Waals surface area contributed by atoms with Crippen molar-refractivity contribution in [1.29, 1.82) is 0 Å². The number of nitrogens with zero attached hydrogens (tertiary/aromatic N) is 2. The maximum Gasteiger partial charge on any atom is 0.173 e. The Morgan fingerprint density at radius 1 is 1.25 bits per heavy atom. The summed E-state index contributed by atoms with van der Waals surface area (Å²) < 4.78 is 28.4. The molecule has 1 heterocycles. The molecule has 16 heavy (non-hydrogen) atoms. The Balaban J connectivity index is 2.66. The van der Waals surface area contributed by atoms with Gasteiger partial charge >= 0.3 is 0 Å². The van der Waals surface area contributed by atoms with Gasteiger partial charge in [-0.2, -0.15) is 5.10 Å². The second kappa shape index (κ2) is 3.86. The standard InChI is InChI=1S/C10H8BrF2N3/c1-16-10(14)6(4-15-16)5-2-3-7(11)9(13)8(5)12/h2-4H,14H2,1H3. The second-order valence-electron chi connectivity index (χ2n) is 3.29. The van der Waals surface area contributed by atoms with Crippen molar-refractivity contribution < 1.29 is 8.78 Å². The highest BCUT2D eigenvalue weighted by Gasteiger charge is 2.16. The molecule has 2 N–H and O–H groups in total. The minimum atomic E-state index is -0.936. The second-order valence-corrected chi connectivity index (χ2v) is 4.14. The Kier molecular flexibility index (Phi) is 2.67. The first kappa shape index (κ1) is 11.1. The zero-order valence-corrected chi connectivity index (χ0v) is 9.92. The smallest absolute Gasteiger partial charge is 0.173 e.